The Kier molecular flexibility index (Phi) is 5.09. The number of halogens is 1. The second-order valence-corrected chi connectivity index (χ2v) is 4.25. The number of hydrogen-bond donors (Lipinski definition) is 1. The number of likely N-dealkylation sites (N-methyl/N-ethyl adjacent to an activating group) is 1. The lowest BCUT2D eigenvalue weighted by Gasteiger charge is -2.22. The molecule has 0 amide bonds. The molecule has 1 N–H and O–H groups in total. The van der Waals surface area contributed by atoms with E-state index in [1.54, 1.807) is 31.0 Å². The summed E-state index contributed by atoms with van der Waals surface area (Å²) in [5, 5.41) is 9.69. The highest BCUT2D eigenvalue weighted by Crippen LogP contribution is 2.17. The van der Waals surface area contributed by atoms with Gasteiger partial charge in [-0.2, -0.15) is 0 Å². The maximum Gasteiger partial charge on any atom is 0.308 e. The molecule has 0 fully saturated rings. The average molecular weight is 255 g/mol. The van der Waals surface area contributed by atoms with Gasteiger partial charge in [0.15, 0.2) is 0 Å². The van der Waals surface area contributed by atoms with Crippen molar-refractivity contribution in [2.45, 2.75) is 19.4 Å². The fourth-order valence-corrected chi connectivity index (χ4v) is 1.63. The predicted octanol–water partition coefficient (Wildman–Crippen LogP) is 1.49. The smallest absolute Gasteiger partial charge is 0.308 e. The van der Waals surface area contributed by atoms with Gasteiger partial charge in [0, 0.05) is 19.3 Å². The summed E-state index contributed by atoms with van der Waals surface area (Å²) in [5.74, 6) is -0.714. The maximum atomic E-state index is 13.1. The first-order valence-corrected chi connectivity index (χ1v) is 5.66. The summed E-state index contributed by atoms with van der Waals surface area (Å²) < 4.78 is 17.6. The van der Waals surface area contributed by atoms with E-state index in [0.29, 0.717) is 5.56 Å². The molecule has 100 valence electrons. The summed E-state index contributed by atoms with van der Waals surface area (Å²) in [7, 11) is 3.05. The quantitative estimate of drug-likeness (QED) is 0.810. The number of rotatable bonds is 5. The number of methoxy groups -OCH3 is 1. The molecule has 0 aliphatic carbocycles. The van der Waals surface area contributed by atoms with E-state index < -0.39 is 12.1 Å². The van der Waals surface area contributed by atoms with E-state index in [2.05, 4.69) is 4.74 Å². The monoisotopic (exact) mass is 255 g/mol. The number of nitrogens with zero attached hydrogens (tertiary/aromatic N) is 1. The van der Waals surface area contributed by atoms with Crippen LogP contribution in [-0.4, -0.2) is 37.9 Å². The van der Waals surface area contributed by atoms with Crippen molar-refractivity contribution in [3.63, 3.8) is 0 Å². The SMILES string of the molecule is COC(=O)CC(O)CN(C)c1ccc(F)c(C)c1. The molecule has 4 nitrogen and oxygen atoms in total. The van der Waals surface area contributed by atoms with Gasteiger partial charge in [0.05, 0.1) is 19.6 Å². The number of aryl methyl sites for hydroxylation is 1. The summed E-state index contributed by atoms with van der Waals surface area (Å²) in [6.45, 7) is 1.96. The number of aliphatic hydroxyl groups excluding tert-OH is 1. The molecule has 0 aromatic heterocycles. The van der Waals surface area contributed by atoms with Crippen LogP contribution in [0, 0.1) is 12.7 Å². The Morgan fingerprint density at radius 1 is 1.56 bits per heavy atom. The van der Waals surface area contributed by atoms with E-state index in [0.717, 1.165) is 5.69 Å². The lowest BCUT2D eigenvalue weighted by Crippen LogP contribution is -2.31. The van der Waals surface area contributed by atoms with Crippen molar-refractivity contribution in [3.05, 3.63) is 29.6 Å². The van der Waals surface area contributed by atoms with Crippen molar-refractivity contribution in [1.82, 2.24) is 0 Å². The van der Waals surface area contributed by atoms with Gasteiger partial charge >= 0.3 is 5.97 Å². The molecule has 0 spiro atoms. The highest BCUT2D eigenvalue weighted by molar-refractivity contribution is 5.69. The van der Waals surface area contributed by atoms with Crippen LogP contribution >= 0.6 is 0 Å². The Hall–Kier alpha value is -1.62. The predicted molar refractivity (Wildman–Crippen MR) is 67.0 cm³/mol. The number of ether oxygens (including phenoxy) is 1. The zero-order chi connectivity index (χ0) is 13.7. The van der Waals surface area contributed by atoms with Gasteiger partial charge in [0.1, 0.15) is 5.82 Å². The Morgan fingerprint density at radius 3 is 2.78 bits per heavy atom. The van der Waals surface area contributed by atoms with Crippen molar-refractivity contribution in [2.24, 2.45) is 0 Å². The summed E-state index contributed by atoms with van der Waals surface area (Å²) in [5.41, 5.74) is 1.33. The molecule has 1 unspecified atom stereocenters. The Balaban J connectivity index is 2.61. The second kappa shape index (κ2) is 6.35. The van der Waals surface area contributed by atoms with Crippen LogP contribution < -0.4 is 4.90 Å². The molecule has 0 aliphatic rings. The highest BCUT2D eigenvalue weighted by atomic mass is 19.1. The molecule has 0 heterocycles. The first-order valence-electron chi connectivity index (χ1n) is 5.66. The van der Waals surface area contributed by atoms with Crippen molar-refractivity contribution >= 4 is 11.7 Å². The summed E-state index contributed by atoms with van der Waals surface area (Å²) in [4.78, 5) is 12.8. The van der Waals surface area contributed by atoms with Gasteiger partial charge in [-0.15, -0.1) is 0 Å². The highest BCUT2D eigenvalue weighted by Gasteiger charge is 2.14. The minimum Gasteiger partial charge on any atom is -0.469 e. The van der Waals surface area contributed by atoms with Crippen molar-refractivity contribution < 1.29 is 19.0 Å². The fraction of sp³-hybridized carbons (Fsp3) is 0.462. The third-order valence-electron chi connectivity index (χ3n) is 2.70. The van der Waals surface area contributed by atoms with E-state index in [4.69, 9.17) is 0 Å². The third kappa shape index (κ3) is 4.00. The van der Waals surface area contributed by atoms with Gasteiger partial charge in [-0.25, -0.2) is 4.39 Å². The third-order valence-corrected chi connectivity index (χ3v) is 2.70. The molecular weight excluding hydrogens is 237 g/mol. The lowest BCUT2D eigenvalue weighted by atomic mass is 10.2. The number of anilines is 1. The van der Waals surface area contributed by atoms with Crippen LogP contribution in [0.15, 0.2) is 18.2 Å². The Labute approximate surface area is 106 Å². The van der Waals surface area contributed by atoms with Crippen LogP contribution in [0.25, 0.3) is 0 Å². The standard InChI is InChI=1S/C13H18FNO3/c1-9-6-10(4-5-12(9)14)15(2)8-11(16)7-13(17)18-3/h4-6,11,16H,7-8H2,1-3H3. The van der Waals surface area contributed by atoms with E-state index in [-0.39, 0.29) is 18.8 Å². The van der Waals surface area contributed by atoms with Crippen LogP contribution in [-0.2, 0) is 9.53 Å². The second-order valence-electron chi connectivity index (χ2n) is 4.25. The van der Waals surface area contributed by atoms with Gasteiger partial charge in [-0.05, 0) is 30.7 Å². The summed E-state index contributed by atoms with van der Waals surface area (Å²) in [6, 6.07) is 4.71. The zero-order valence-corrected chi connectivity index (χ0v) is 10.8. The number of hydrogen-bond acceptors (Lipinski definition) is 4. The zero-order valence-electron chi connectivity index (χ0n) is 10.8. The number of carbonyl (C=O) groups excluding carboxylic acids is 1. The lowest BCUT2D eigenvalue weighted by molar-refractivity contribution is -0.142. The summed E-state index contributed by atoms with van der Waals surface area (Å²) >= 11 is 0. The molecule has 0 saturated carbocycles. The topological polar surface area (TPSA) is 49.8 Å². The van der Waals surface area contributed by atoms with E-state index >= 15 is 0 Å². The number of aliphatic hydroxyl groups is 1. The molecule has 1 aromatic rings. The molecule has 5 heteroatoms. The molecule has 0 aliphatic heterocycles. The van der Waals surface area contributed by atoms with Crippen LogP contribution in [0.3, 0.4) is 0 Å². The van der Waals surface area contributed by atoms with Crippen molar-refractivity contribution in [2.75, 3.05) is 25.6 Å². The molecule has 1 aromatic carbocycles. The molecule has 1 atom stereocenters. The minimum absolute atomic E-state index is 0.0545. The summed E-state index contributed by atoms with van der Waals surface area (Å²) in [6.07, 6.45) is -0.867. The van der Waals surface area contributed by atoms with Gasteiger partial charge in [-0.3, -0.25) is 4.79 Å². The van der Waals surface area contributed by atoms with Crippen molar-refractivity contribution in [1.29, 1.82) is 0 Å². The fourth-order valence-electron chi connectivity index (χ4n) is 1.63. The largest absolute Gasteiger partial charge is 0.469 e. The first kappa shape index (κ1) is 14.4. The van der Waals surface area contributed by atoms with Gasteiger partial charge in [0.25, 0.3) is 0 Å². The van der Waals surface area contributed by atoms with Crippen LogP contribution in [0.4, 0.5) is 10.1 Å². The van der Waals surface area contributed by atoms with Gasteiger partial charge in [0.2, 0.25) is 0 Å². The van der Waals surface area contributed by atoms with E-state index in [9.17, 15) is 14.3 Å². The molecule has 1 rings (SSSR count). The average Bonchev–Trinajstić information content (AvgIpc) is 2.32. The maximum absolute atomic E-state index is 13.1. The van der Waals surface area contributed by atoms with E-state index in [1.807, 2.05) is 0 Å². The minimum atomic E-state index is -0.812. The molecule has 0 saturated heterocycles. The van der Waals surface area contributed by atoms with Crippen LogP contribution in [0.5, 0.6) is 0 Å². The van der Waals surface area contributed by atoms with Crippen LogP contribution in [0.1, 0.15) is 12.0 Å². The molecule has 18 heavy (non-hydrogen) atoms. The molecular formula is C13H18FNO3. The van der Waals surface area contributed by atoms with Gasteiger partial charge < -0.3 is 14.7 Å². The first-order chi connectivity index (χ1) is 8.43. The Bertz CT molecular complexity index is 423. The Morgan fingerprint density at radius 2 is 2.22 bits per heavy atom. The van der Waals surface area contributed by atoms with Crippen LogP contribution in [0.2, 0.25) is 0 Å². The number of carbonyl (C=O) groups is 1. The van der Waals surface area contributed by atoms with Crippen molar-refractivity contribution in [3.8, 4) is 0 Å². The number of benzene rings is 1. The van der Waals surface area contributed by atoms with Gasteiger partial charge in [-0.1, -0.05) is 0 Å². The normalized spacial score (nSPS) is 12.1. The van der Waals surface area contributed by atoms with E-state index in [1.165, 1.54) is 13.2 Å². The molecule has 0 radical (unpaired) electrons. The molecule has 0 bridgehead atoms. The number of esters is 1.